The molecular formula is C10H12F4O. The Kier molecular flexibility index (Phi) is 5.11. The molecular weight excluding hydrogens is 212 g/mol. The van der Waals surface area contributed by atoms with Gasteiger partial charge in [0.05, 0.1) is 0 Å². The minimum atomic E-state index is -4.47. The van der Waals surface area contributed by atoms with E-state index in [2.05, 4.69) is 11.3 Å². The van der Waals surface area contributed by atoms with Crippen LogP contribution < -0.4 is 0 Å². The van der Waals surface area contributed by atoms with E-state index in [4.69, 9.17) is 0 Å². The largest absolute Gasteiger partial charge is 0.461 e. The summed E-state index contributed by atoms with van der Waals surface area (Å²) in [5.41, 5.74) is 0.596. The first-order valence-electron chi connectivity index (χ1n) is 4.14. The molecule has 0 rings (SSSR count). The molecule has 0 aliphatic carbocycles. The topological polar surface area (TPSA) is 9.23 Å². The van der Waals surface area contributed by atoms with E-state index in [0.29, 0.717) is 5.57 Å². The first-order valence-corrected chi connectivity index (χ1v) is 4.14. The Hall–Kier alpha value is -1.26. The Morgan fingerprint density at radius 1 is 1.33 bits per heavy atom. The van der Waals surface area contributed by atoms with E-state index < -0.39 is 12.5 Å². The second-order valence-corrected chi connectivity index (χ2v) is 2.84. The molecule has 0 bridgehead atoms. The van der Waals surface area contributed by atoms with Gasteiger partial charge in [-0.25, -0.2) is 0 Å². The number of ether oxygens (including phenoxy) is 1. The zero-order valence-corrected chi connectivity index (χ0v) is 8.44. The third kappa shape index (κ3) is 5.24. The monoisotopic (exact) mass is 224 g/mol. The third-order valence-corrected chi connectivity index (χ3v) is 1.32. The fraction of sp³-hybridized carbons (Fsp3) is 0.400. The summed E-state index contributed by atoms with van der Waals surface area (Å²) in [5.74, 6) is -0.330. The van der Waals surface area contributed by atoms with Crippen LogP contribution in [0.3, 0.4) is 0 Å². The van der Waals surface area contributed by atoms with Crippen molar-refractivity contribution in [3.05, 3.63) is 36.1 Å². The van der Waals surface area contributed by atoms with E-state index in [9.17, 15) is 17.6 Å². The van der Waals surface area contributed by atoms with E-state index >= 15 is 0 Å². The summed E-state index contributed by atoms with van der Waals surface area (Å²) in [4.78, 5) is 0. The molecule has 0 spiro atoms. The van der Waals surface area contributed by atoms with Crippen molar-refractivity contribution in [1.29, 1.82) is 0 Å². The molecule has 0 heterocycles. The molecule has 0 fully saturated rings. The Morgan fingerprint density at radius 3 is 2.20 bits per heavy atom. The highest BCUT2D eigenvalue weighted by molar-refractivity contribution is 5.21. The van der Waals surface area contributed by atoms with E-state index in [1.165, 1.54) is 13.0 Å². The van der Waals surface area contributed by atoms with Crippen molar-refractivity contribution in [2.75, 3.05) is 0 Å². The maximum Gasteiger partial charge on any atom is 0.461 e. The van der Waals surface area contributed by atoms with Crippen molar-refractivity contribution < 1.29 is 22.3 Å². The molecule has 0 amide bonds. The molecule has 0 atom stereocenters. The fourth-order valence-corrected chi connectivity index (χ4v) is 0.615. The fourth-order valence-electron chi connectivity index (χ4n) is 0.615. The lowest BCUT2D eigenvalue weighted by atomic mass is 10.3. The molecule has 86 valence electrons. The van der Waals surface area contributed by atoms with Crippen LogP contribution in [-0.4, -0.2) is 12.5 Å². The van der Waals surface area contributed by atoms with E-state index in [1.54, 1.807) is 6.92 Å². The van der Waals surface area contributed by atoms with Crippen LogP contribution in [0.5, 0.6) is 0 Å². The molecule has 0 aromatic carbocycles. The predicted molar refractivity (Wildman–Crippen MR) is 49.7 cm³/mol. The Labute approximate surface area is 85.7 Å². The van der Waals surface area contributed by atoms with Gasteiger partial charge in [-0.2, -0.15) is 17.6 Å². The molecule has 0 radical (unpaired) electrons. The van der Waals surface area contributed by atoms with Crippen molar-refractivity contribution in [1.82, 2.24) is 0 Å². The van der Waals surface area contributed by atoms with Crippen LogP contribution >= 0.6 is 0 Å². The normalized spacial score (nSPS) is 13.7. The number of rotatable bonds is 5. The quantitative estimate of drug-likeness (QED) is 0.391. The lowest BCUT2D eigenvalue weighted by molar-refractivity contribution is -0.279. The Morgan fingerprint density at radius 2 is 1.87 bits per heavy atom. The summed E-state index contributed by atoms with van der Waals surface area (Å²) in [7, 11) is 0. The average Bonchev–Trinajstić information content (AvgIpc) is 2.11. The number of allylic oxidation sites excluding steroid dienone is 4. The molecule has 0 saturated carbocycles. The van der Waals surface area contributed by atoms with E-state index in [-0.39, 0.29) is 5.76 Å². The molecule has 15 heavy (non-hydrogen) atoms. The molecule has 0 N–H and O–H groups in total. The lowest BCUT2D eigenvalue weighted by Gasteiger charge is -2.17. The number of hydrogen-bond acceptors (Lipinski definition) is 1. The van der Waals surface area contributed by atoms with Gasteiger partial charge in [-0.05, 0) is 26.0 Å². The number of halogens is 4. The maximum absolute atomic E-state index is 12.4. The van der Waals surface area contributed by atoms with Gasteiger partial charge < -0.3 is 4.74 Å². The zero-order chi connectivity index (χ0) is 12.1. The summed E-state index contributed by atoms with van der Waals surface area (Å²) < 4.78 is 52.3. The second kappa shape index (κ2) is 5.58. The van der Waals surface area contributed by atoms with Crippen LogP contribution in [0, 0.1) is 0 Å². The van der Waals surface area contributed by atoms with Crippen molar-refractivity contribution >= 4 is 0 Å². The van der Waals surface area contributed by atoms with Gasteiger partial charge in [0.15, 0.2) is 0 Å². The summed E-state index contributed by atoms with van der Waals surface area (Å²) in [6, 6.07) is 0. The van der Waals surface area contributed by atoms with Gasteiger partial charge in [0, 0.05) is 0 Å². The van der Waals surface area contributed by atoms with E-state index in [0.717, 1.165) is 12.2 Å². The van der Waals surface area contributed by atoms with Crippen molar-refractivity contribution in [3.63, 3.8) is 0 Å². The highest BCUT2D eigenvalue weighted by atomic mass is 19.3. The smallest absolute Gasteiger partial charge is 0.429 e. The molecule has 0 aromatic rings. The van der Waals surface area contributed by atoms with Gasteiger partial charge in [0.2, 0.25) is 0 Å². The zero-order valence-electron chi connectivity index (χ0n) is 8.44. The van der Waals surface area contributed by atoms with Gasteiger partial charge in [0.25, 0.3) is 0 Å². The summed E-state index contributed by atoms with van der Waals surface area (Å²) >= 11 is 0. The molecule has 1 nitrogen and oxygen atoms in total. The first kappa shape index (κ1) is 13.7. The summed E-state index contributed by atoms with van der Waals surface area (Å²) in [6.07, 6.45) is -4.63. The highest BCUT2D eigenvalue weighted by Crippen LogP contribution is 2.27. The van der Waals surface area contributed by atoms with Crippen LogP contribution in [0.1, 0.15) is 13.8 Å². The van der Waals surface area contributed by atoms with Gasteiger partial charge in [-0.15, -0.1) is 0 Å². The van der Waals surface area contributed by atoms with Crippen LogP contribution in [0.4, 0.5) is 17.6 Å². The van der Waals surface area contributed by atoms with Gasteiger partial charge in [-0.1, -0.05) is 18.2 Å². The van der Waals surface area contributed by atoms with Gasteiger partial charge >= 0.3 is 12.5 Å². The van der Waals surface area contributed by atoms with Gasteiger partial charge in [0.1, 0.15) is 5.76 Å². The lowest BCUT2D eigenvalue weighted by Crippen LogP contribution is -2.29. The van der Waals surface area contributed by atoms with Crippen LogP contribution in [0.25, 0.3) is 0 Å². The van der Waals surface area contributed by atoms with Crippen LogP contribution in [0.15, 0.2) is 36.1 Å². The Balaban J connectivity index is 4.55. The second-order valence-electron chi connectivity index (χ2n) is 2.84. The minimum absolute atomic E-state index is 0.330. The minimum Gasteiger partial charge on any atom is -0.429 e. The van der Waals surface area contributed by atoms with Crippen molar-refractivity contribution in [2.24, 2.45) is 0 Å². The molecule has 5 heteroatoms. The predicted octanol–water partition coefficient (Wildman–Crippen LogP) is 3.90. The van der Waals surface area contributed by atoms with Crippen LogP contribution in [-0.2, 0) is 4.74 Å². The molecule has 0 aromatic heterocycles. The average molecular weight is 224 g/mol. The first-order chi connectivity index (χ1) is 6.79. The third-order valence-electron chi connectivity index (χ3n) is 1.32. The van der Waals surface area contributed by atoms with Gasteiger partial charge in [-0.3, -0.25) is 0 Å². The van der Waals surface area contributed by atoms with Crippen LogP contribution in [0.2, 0.25) is 0 Å². The molecule has 0 unspecified atom stereocenters. The molecule has 0 saturated heterocycles. The SMILES string of the molecule is C=C(C)/C=C\C(=CC)OC(F)(F)C(F)F. The Bertz CT molecular complexity index is 279. The molecule has 0 aliphatic rings. The maximum atomic E-state index is 12.4. The van der Waals surface area contributed by atoms with Crippen molar-refractivity contribution in [3.8, 4) is 0 Å². The number of hydrogen-bond donors (Lipinski definition) is 0. The summed E-state index contributed by atoms with van der Waals surface area (Å²) in [5, 5.41) is 0. The molecule has 0 aliphatic heterocycles. The number of alkyl halides is 4. The standard InChI is InChI=1S/C10H12F4O/c1-4-8(6-5-7(2)3)15-10(13,14)9(11)12/h4-6,9H,2H2,1,3H3/b6-5-,8-4?. The van der Waals surface area contributed by atoms with Crippen molar-refractivity contribution in [2.45, 2.75) is 26.4 Å². The van der Waals surface area contributed by atoms with E-state index in [1.807, 2.05) is 0 Å². The summed E-state index contributed by atoms with van der Waals surface area (Å²) in [6.45, 7) is 6.52. The highest BCUT2D eigenvalue weighted by Gasteiger charge is 2.44.